The molecule has 0 radical (unpaired) electrons. The molecule has 26 heavy (non-hydrogen) atoms. The van der Waals surface area contributed by atoms with Gasteiger partial charge in [-0.2, -0.15) is 5.10 Å². The summed E-state index contributed by atoms with van der Waals surface area (Å²) in [5.41, 5.74) is 6.51. The fraction of sp³-hybridized carbons (Fsp3) is 0.316. The van der Waals surface area contributed by atoms with E-state index in [0.29, 0.717) is 29.1 Å². The number of fused-ring (bicyclic) bond motifs is 3. The number of nitrogens with zero attached hydrogens (tertiary/aromatic N) is 2. The summed E-state index contributed by atoms with van der Waals surface area (Å²) in [7, 11) is 0. The Labute approximate surface area is 152 Å². The van der Waals surface area contributed by atoms with Crippen LogP contribution >= 0.6 is 0 Å². The third kappa shape index (κ3) is 3.25. The third-order valence-corrected chi connectivity index (χ3v) is 4.33. The van der Waals surface area contributed by atoms with Gasteiger partial charge in [-0.05, 0) is 25.8 Å². The lowest BCUT2D eigenvalue weighted by molar-refractivity contribution is 0.104. The average Bonchev–Trinajstić information content (AvgIpc) is 3.13. The first-order valence-corrected chi connectivity index (χ1v) is 8.73. The van der Waals surface area contributed by atoms with Gasteiger partial charge in [-0.1, -0.05) is 25.1 Å². The van der Waals surface area contributed by atoms with Gasteiger partial charge in [0.05, 0.1) is 16.8 Å². The Morgan fingerprint density at radius 3 is 2.88 bits per heavy atom. The van der Waals surface area contributed by atoms with Crippen molar-refractivity contribution in [2.24, 2.45) is 0 Å². The predicted molar refractivity (Wildman–Crippen MR) is 101 cm³/mol. The number of benzene rings is 1. The zero-order valence-corrected chi connectivity index (χ0v) is 15.1. The van der Waals surface area contributed by atoms with Crippen LogP contribution in [0.15, 0.2) is 30.9 Å². The molecule has 1 heterocycles. The van der Waals surface area contributed by atoms with E-state index in [4.69, 9.17) is 0 Å². The molecule has 7 heteroatoms. The van der Waals surface area contributed by atoms with E-state index >= 15 is 0 Å². The largest absolute Gasteiger partial charge is 0.333 e. The van der Waals surface area contributed by atoms with Crippen molar-refractivity contribution >= 4 is 17.5 Å². The molecule has 1 aliphatic rings. The van der Waals surface area contributed by atoms with Gasteiger partial charge in [-0.3, -0.25) is 15.3 Å². The standard InChI is InChI=1S/C19H23N5O2/c1-4-6-11-24(10-5-2)23-19(26)20-14-9-7-8-13-16(14)18(25)15-12(3)21-22-17(13)15/h4,7-9H,1,5-6,10-11H2,2-3H3,(H,21,22)(H2,20,23,26). The van der Waals surface area contributed by atoms with Gasteiger partial charge in [0, 0.05) is 24.3 Å². The molecule has 2 amide bonds. The van der Waals surface area contributed by atoms with Crippen LogP contribution in [0.1, 0.15) is 41.4 Å². The van der Waals surface area contributed by atoms with E-state index in [9.17, 15) is 9.59 Å². The number of rotatable bonds is 7. The van der Waals surface area contributed by atoms with Crippen LogP contribution in [-0.4, -0.2) is 40.1 Å². The number of aromatic amines is 1. The predicted octanol–water partition coefficient (Wildman–Crippen LogP) is 3.25. The molecule has 1 aromatic heterocycles. The fourth-order valence-electron chi connectivity index (χ4n) is 3.16. The Hall–Kier alpha value is -2.93. The van der Waals surface area contributed by atoms with E-state index in [-0.39, 0.29) is 11.8 Å². The summed E-state index contributed by atoms with van der Waals surface area (Å²) in [6, 6.07) is 5.01. The minimum Gasteiger partial charge on any atom is -0.306 e. The van der Waals surface area contributed by atoms with Crippen molar-refractivity contribution in [1.29, 1.82) is 0 Å². The molecular formula is C19H23N5O2. The van der Waals surface area contributed by atoms with E-state index < -0.39 is 0 Å². The van der Waals surface area contributed by atoms with Crippen molar-refractivity contribution in [2.75, 3.05) is 18.4 Å². The lowest BCUT2D eigenvalue weighted by atomic mass is 10.1. The molecule has 0 aliphatic heterocycles. The maximum Gasteiger partial charge on any atom is 0.333 e. The van der Waals surface area contributed by atoms with Crippen LogP contribution in [0, 0.1) is 6.92 Å². The summed E-state index contributed by atoms with van der Waals surface area (Å²) in [4.78, 5) is 25.2. The molecule has 1 aromatic carbocycles. The molecule has 2 aromatic rings. The lowest BCUT2D eigenvalue weighted by Gasteiger charge is -2.22. The van der Waals surface area contributed by atoms with Crippen LogP contribution in [0.4, 0.5) is 10.5 Å². The first-order valence-electron chi connectivity index (χ1n) is 8.73. The number of anilines is 1. The number of amides is 2. The third-order valence-electron chi connectivity index (χ3n) is 4.33. The summed E-state index contributed by atoms with van der Waals surface area (Å²) < 4.78 is 0. The topological polar surface area (TPSA) is 90.1 Å². The number of nitrogens with one attached hydrogen (secondary N) is 3. The Morgan fingerprint density at radius 1 is 1.35 bits per heavy atom. The van der Waals surface area contributed by atoms with Gasteiger partial charge in [-0.15, -0.1) is 6.58 Å². The second kappa shape index (κ2) is 7.53. The van der Waals surface area contributed by atoms with Crippen molar-refractivity contribution in [3.05, 3.63) is 47.7 Å². The van der Waals surface area contributed by atoms with Gasteiger partial charge in [0.15, 0.2) is 5.78 Å². The first kappa shape index (κ1) is 17.9. The van der Waals surface area contributed by atoms with Crippen LogP contribution in [-0.2, 0) is 0 Å². The molecule has 7 nitrogen and oxygen atoms in total. The number of carbonyl (C=O) groups excluding carboxylic acids is 2. The second-order valence-electron chi connectivity index (χ2n) is 6.26. The summed E-state index contributed by atoms with van der Waals surface area (Å²) in [5.74, 6) is -0.116. The molecule has 3 rings (SSSR count). The summed E-state index contributed by atoms with van der Waals surface area (Å²) in [5, 5.41) is 11.7. The van der Waals surface area contributed by atoms with Crippen molar-refractivity contribution < 1.29 is 9.59 Å². The SMILES string of the molecule is C=CCCN(CCC)NC(=O)Nc1cccc2c1C(=O)c1c-2n[nH]c1C. The van der Waals surface area contributed by atoms with Crippen LogP contribution in [0.2, 0.25) is 0 Å². The second-order valence-corrected chi connectivity index (χ2v) is 6.26. The highest BCUT2D eigenvalue weighted by atomic mass is 16.2. The first-order chi connectivity index (χ1) is 12.6. The van der Waals surface area contributed by atoms with Crippen LogP contribution < -0.4 is 10.7 Å². The van der Waals surface area contributed by atoms with Gasteiger partial charge in [0.1, 0.15) is 5.69 Å². The van der Waals surface area contributed by atoms with Gasteiger partial charge in [-0.25, -0.2) is 9.80 Å². The molecule has 0 bridgehead atoms. The number of hydrogen-bond donors (Lipinski definition) is 3. The number of urea groups is 1. The summed E-state index contributed by atoms with van der Waals surface area (Å²) >= 11 is 0. The van der Waals surface area contributed by atoms with Gasteiger partial charge >= 0.3 is 6.03 Å². The molecule has 136 valence electrons. The summed E-state index contributed by atoms with van der Waals surface area (Å²) in [6.45, 7) is 9.00. The number of aromatic nitrogens is 2. The highest BCUT2D eigenvalue weighted by Crippen LogP contribution is 2.40. The molecule has 0 atom stereocenters. The number of hydrogen-bond acceptors (Lipinski definition) is 4. The molecule has 0 spiro atoms. The highest BCUT2D eigenvalue weighted by molar-refractivity contribution is 6.25. The fourth-order valence-corrected chi connectivity index (χ4v) is 3.16. The zero-order chi connectivity index (χ0) is 18.7. The van der Waals surface area contributed by atoms with Gasteiger partial charge in [0.25, 0.3) is 0 Å². The quantitative estimate of drug-likeness (QED) is 0.449. The van der Waals surface area contributed by atoms with Crippen LogP contribution in [0.3, 0.4) is 0 Å². The van der Waals surface area contributed by atoms with Gasteiger partial charge in [0.2, 0.25) is 0 Å². The van der Waals surface area contributed by atoms with Crippen molar-refractivity contribution in [3.8, 4) is 11.3 Å². The number of H-pyrrole nitrogens is 1. The van der Waals surface area contributed by atoms with Crippen molar-refractivity contribution in [3.63, 3.8) is 0 Å². The smallest absolute Gasteiger partial charge is 0.306 e. The van der Waals surface area contributed by atoms with E-state index in [0.717, 1.165) is 30.6 Å². The molecule has 3 N–H and O–H groups in total. The number of hydrazine groups is 1. The van der Waals surface area contributed by atoms with Crippen molar-refractivity contribution in [1.82, 2.24) is 20.6 Å². The van der Waals surface area contributed by atoms with E-state index in [1.54, 1.807) is 6.07 Å². The number of aryl methyl sites for hydroxylation is 1. The number of carbonyl (C=O) groups is 2. The molecule has 0 saturated carbocycles. The van der Waals surface area contributed by atoms with Crippen LogP contribution in [0.5, 0.6) is 0 Å². The Balaban J connectivity index is 1.78. The van der Waals surface area contributed by atoms with Crippen molar-refractivity contribution in [2.45, 2.75) is 26.7 Å². The minimum absolute atomic E-state index is 0.116. The normalized spacial score (nSPS) is 12.0. The Kier molecular flexibility index (Phi) is 5.18. The maximum atomic E-state index is 12.8. The molecule has 0 fully saturated rings. The highest BCUT2D eigenvalue weighted by Gasteiger charge is 2.33. The maximum absolute atomic E-state index is 12.8. The molecule has 1 aliphatic carbocycles. The lowest BCUT2D eigenvalue weighted by Crippen LogP contribution is -2.45. The zero-order valence-electron chi connectivity index (χ0n) is 15.1. The van der Waals surface area contributed by atoms with Gasteiger partial charge < -0.3 is 5.32 Å². The summed E-state index contributed by atoms with van der Waals surface area (Å²) in [6.07, 6.45) is 3.51. The Bertz CT molecular complexity index is 856. The molecule has 0 unspecified atom stereocenters. The number of ketones is 1. The average molecular weight is 353 g/mol. The molecule has 0 saturated heterocycles. The van der Waals surface area contributed by atoms with E-state index in [2.05, 4.69) is 27.5 Å². The van der Waals surface area contributed by atoms with E-state index in [1.165, 1.54) is 0 Å². The Morgan fingerprint density at radius 2 is 2.15 bits per heavy atom. The minimum atomic E-state index is -0.369. The van der Waals surface area contributed by atoms with Crippen LogP contribution in [0.25, 0.3) is 11.3 Å². The molecular weight excluding hydrogens is 330 g/mol. The van der Waals surface area contributed by atoms with E-state index in [1.807, 2.05) is 37.1 Å². The monoisotopic (exact) mass is 353 g/mol.